The van der Waals surface area contributed by atoms with Gasteiger partial charge in [-0.25, -0.2) is 0 Å². The van der Waals surface area contributed by atoms with E-state index in [1.807, 2.05) is 6.92 Å². The molecule has 0 aromatic heterocycles. The second kappa shape index (κ2) is 4.83. The SMILES string of the molecule is C=CC(Cl)CC(C)OC. The van der Waals surface area contributed by atoms with Crippen LogP contribution >= 0.6 is 11.6 Å². The highest BCUT2D eigenvalue weighted by Crippen LogP contribution is 2.07. The van der Waals surface area contributed by atoms with Crippen LogP contribution in [0.2, 0.25) is 0 Å². The van der Waals surface area contributed by atoms with E-state index in [9.17, 15) is 0 Å². The van der Waals surface area contributed by atoms with E-state index in [4.69, 9.17) is 16.3 Å². The zero-order chi connectivity index (χ0) is 7.28. The molecule has 1 nitrogen and oxygen atoms in total. The number of ether oxygens (including phenoxy) is 1. The van der Waals surface area contributed by atoms with Gasteiger partial charge in [-0.1, -0.05) is 6.08 Å². The van der Waals surface area contributed by atoms with Crippen molar-refractivity contribution in [3.63, 3.8) is 0 Å². The lowest BCUT2D eigenvalue weighted by Crippen LogP contribution is -2.10. The average molecular weight is 149 g/mol. The molecule has 2 heteroatoms. The molecule has 0 saturated carbocycles. The fourth-order valence-corrected chi connectivity index (χ4v) is 0.760. The largest absolute Gasteiger partial charge is 0.382 e. The number of methoxy groups -OCH3 is 1. The van der Waals surface area contributed by atoms with Crippen LogP contribution in [-0.4, -0.2) is 18.6 Å². The molecule has 0 rings (SSSR count). The first-order valence-corrected chi connectivity index (χ1v) is 3.43. The summed E-state index contributed by atoms with van der Waals surface area (Å²) in [7, 11) is 1.68. The molecule has 0 heterocycles. The van der Waals surface area contributed by atoms with Crippen molar-refractivity contribution in [1.29, 1.82) is 0 Å². The van der Waals surface area contributed by atoms with Crippen molar-refractivity contribution in [3.8, 4) is 0 Å². The Morgan fingerprint density at radius 1 is 1.78 bits per heavy atom. The Morgan fingerprint density at radius 2 is 2.33 bits per heavy atom. The van der Waals surface area contributed by atoms with Gasteiger partial charge in [0.1, 0.15) is 0 Å². The summed E-state index contributed by atoms with van der Waals surface area (Å²) in [6.45, 7) is 5.55. The van der Waals surface area contributed by atoms with Gasteiger partial charge < -0.3 is 4.74 Å². The number of allylic oxidation sites excluding steroid dienone is 1. The van der Waals surface area contributed by atoms with Crippen molar-refractivity contribution in [2.75, 3.05) is 7.11 Å². The highest BCUT2D eigenvalue weighted by Gasteiger charge is 2.04. The molecule has 2 unspecified atom stereocenters. The molecule has 0 N–H and O–H groups in total. The first-order chi connectivity index (χ1) is 4.20. The molecule has 0 bridgehead atoms. The molecule has 9 heavy (non-hydrogen) atoms. The Kier molecular flexibility index (Phi) is 4.83. The summed E-state index contributed by atoms with van der Waals surface area (Å²) in [5.74, 6) is 0. The molecule has 0 amide bonds. The van der Waals surface area contributed by atoms with Crippen LogP contribution in [0.25, 0.3) is 0 Å². The number of rotatable bonds is 4. The van der Waals surface area contributed by atoms with E-state index in [0.717, 1.165) is 6.42 Å². The van der Waals surface area contributed by atoms with Crippen molar-refractivity contribution >= 4 is 11.6 Å². The van der Waals surface area contributed by atoms with E-state index in [1.165, 1.54) is 0 Å². The fourth-order valence-electron chi connectivity index (χ4n) is 0.510. The van der Waals surface area contributed by atoms with E-state index in [-0.39, 0.29) is 11.5 Å². The van der Waals surface area contributed by atoms with Crippen LogP contribution < -0.4 is 0 Å². The molecule has 0 aliphatic rings. The number of halogens is 1. The Labute approximate surface area is 61.7 Å². The van der Waals surface area contributed by atoms with E-state index in [2.05, 4.69) is 6.58 Å². The van der Waals surface area contributed by atoms with Crippen LogP contribution in [0, 0.1) is 0 Å². The van der Waals surface area contributed by atoms with Crippen LogP contribution in [0.15, 0.2) is 12.7 Å². The van der Waals surface area contributed by atoms with Gasteiger partial charge in [-0.05, 0) is 13.3 Å². The molecule has 0 aromatic carbocycles. The van der Waals surface area contributed by atoms with E-state index >= 15 is 0 Å². The van der Waals surface area contributed by atoms with Gasteiger partial charge in [0.25, 0.3) is 0 Å². The summed E-state index contributed by atoms with van der Waals surface area (Å²) in [6.07, 6.45) is 2.78. The molecule has 0 fully saturated rings. The minimum Gasteiger partial charge on any atom is -0.382 e. The first-order valence-electron chi connectivity index (χ1n) is 3.00. The summed E-state index contributed by atoms with van der Waals surface area (Å²) in [5, 5.41) is 0.0416. The highest BCUT2D eigenvalue weighted by atomic mass is 35.5. The van der Waals surface area contributed by atoms with Crippen LogP contribution in [0.1, 0.15) is 13.3 Å². The molecular formula is C7H13ClO. The number of hydrogen-bond donors (Lipinski definition) is 0. The summed E-state index contributed by atoms with van der Waals surface area (Å²) >= 11 is 5.74. The van der Waals surface area contributed by atoms with Gasteiger partial charge in [-0.2, -0.15) is 0 Å². The van der Waals surface area contributed by atoms with Gasteiger partial charge in [0.05, 0.1) is 11.5 Å². The van der Waals surface area contributed by atoms with Crippen molar-refractivity contribution in [2.24, 2.45) is 0 Å². The number of hydrogen-bond acceptors (Lipinski definition) is 1. The molecule has 0 aliphatic carbocycles. The predicted octanol–water partition coefficient (Wildman–Crippen LogP) is 2.20. The van der Waals surface area contributed by atoms with Crippen molar-refractivity contribution in [2.45, 2.75) is 24.8 Å². The normalized spacial score (nSPS) is 16.8. The molecule has 2 atom stereocenters. The van der Waals surface area contributed by atoms with Crippen molar-refractivity contribution in [3.05, 3.63) is 12.7 Å². The van der Waals surface area contributed by atoms with Crippen molar-refractivity contribution < 1.29 is 4.74 Å². The summed E-state index contributed by atoms with van der Waals surface area (Å²) in [5.41, 5.74) is 0. The van der Waals surface area contributed by atoms with Crippen LogP contribution in [-0.2, 0) is 4.74 Å². The molecule has 0 radical (unpaired) electrons. The second-order valence-electron chi connectivity index (χ2n) is 2.03. The van der Waals surface area contributed by atoms with Crippen LogP contribution in [0.4, 0.5) is 0 Å². The van der Waals surface area contributed by atoms with E-state index in [1.54, 1.807) is 13.2 Å². The molecule has 0 aromatic rings. The maximum Gasteiger partial charge on any atom is 0.0560 e. The van der Waals surface area contributed by atoms with Gasteiger partial charge in [0, 0.05) is 7.11 Å². The molecular weight excluding hydrogens is 136 g/mol. The second-order valence-corrected chi connectivity index (χ2v) is 2.59. The molecule has 0 saturated heterocycles. The molecule has 0 spiro atoms. The Balaban J connectivity index is 3.33. The topological polar surface area (TPSA) is 9.23 Å². The van der Waals surface area contributed by atoms with Gasteiger partial charge in [-0.3, -0.25) is 0 Å². The van der Waals surface area contributed by atoms with Gasteiger partial charge >= 0.3 is 0 Å². The third-order valence-corrected chi connectivity index (χ3v) is 1.57. The molecule has 0 aliphatic heterocycles. The van der Waals surface area contributed by atoms with E-state index in [0.29, 0.717) is 0 Å². The van der Waals surface area contributed by atoms with Crippen LogP contribution in [0.3, 0.4) is 0 Å². The summed E-state index contributed by atoms with van der Waals surface area (Å²) in [4.78, 5) is 0. The van der Waals surface area contributed by atoms with Crippen LogP contribution in [0.5, 0.6) is 0 Å². The van der Waals surface area contributed by atoms with Gasteiger partial charge in [0.15, 0.2) is 0 Å². The van der Waals surface area contributed by atoms with Gasteiger partial charge in [-0.15, -0.1) is 18.2 Å². The maximum absolute atomic E-state index is 5.74. The van der Waals surface area contributed by atoms with E-state index < -0.39 is 0 Å². The highest BCUT2D eigenvalue weighted by molar-refractivity contribution is 6.21. The third kappa shape index (κ3) is 4.49. The lowest BCUT2D eigenvalue weighted by Gasteiger charge is -2.09. The quantitative estimate of drug-likeness (QED) is 0.439. The smallest absolute Gasteiger partial charge is 0.0560 e. The minimum absolute atomic E-state index is 0.0416. The molecule has 54 valence electrons. The summed E-state index contributed by atoms with van der Waals surface area (Å²) < 4.78 is 4.99. The maximum atomic E-state index is 5.74. The zero-order valence-electron chi connectivity index (χ0n) is 5.93. The lowest BCUT2D eigenvalue weighted by atomic mass is 10.2. The average Bonchev–Trinajstić information content (AvgIpc) is 1.87. The Hall–Kier alpha value is -0.0100. The zero-order valence-corrected chi connectivity index (χ0v) is 6.69. The monoisotopic (exact) mass is 148 g/mol. The van der Waals surface area contributed by atoms with Gasteiger partial charge in [0.2, 0.25) is 0 Å². The lowest BCUT2D eigenvalue weighted by molar-refractivity contribution is 0.112. The fraction of sp³-hybridized carbons (Fsp3) is 0.714. The summed E-state index contributed by atoms with van der Waals surface area (Å²) in [6, 6.07) is 0. The minimum atomic E-state index is 0.0416. The standard InChI is InChI=1S/C7H13ClO/c1-4-7(8)5-6(2)9-3/h4,6-7H,1,5H2,2-3H3. The number of alkyl halides is 1. The predicted molar refractivity (Wildman–Crippen MR) is 40.9 cm³/mol. The Morgan fingerprint density at radius 3 is 2.67 bits per heavy atom. The third-order valence-electron chi connectivity index (χ3n) is 1.22. The first kappa shape index (κ1) is 8.99. The van der Waals surface area contributed by atoms with Crippen molar-refractivity contribution in [1.82, 2.24) is 0 Å². The Bertz CT molecular complexity index is 83.0.